The Morgan fingerprint density at radius 1 is 1.15 bits per heavy atom. The number of nitrogens with zero attached hydrogens (tertiary/aromatic N) is 2. The molecule has 0 N–H and O–H groups in total. The molecule has 2 nitrogen and oxygen atoms in total. The van der Waals surface area contributed by atoms with Crippen LogP contribution in [0.2, 0.25) is 0 Å². The summed E-state index contributed by atoms with van der Waals surface area (Å²) >= 11 is 3.13. The molecule has 2 aromatic rings. The smallest absolute Gasteiger partial charge is 0.202 e. The zero-order valence-electron chi connectivity index (χ0n) is 6.26. The van der Waals surface area contributed by atoms with Crippen LogP contribution in [0.15, 0.2) is 22.7 Å². The van der Waals surface area contributed by atoms with Crippen LogP contribution in [0.1, 0.15) is 0 Å². The summed E-state index contributed by atoms with van der Waals surface area (Å²) in [5.74, 6) is -0.852. The maximum Gasteiger partial charge on any atom is 0.311 e. The molecule has 0 spiro atoms. The third kappa shape index (κ3) is 1.39. The summed E-state index contributed by atoms with van der Waals surface area (Å²) in [4.78, 5) is 6.44. The minimum Gasteiger partial charge on any atom is -0.202 e. The predicted molar refractivity (Wildman–Crippen MR) is 47.2 cm³/mol. The van der Waals surface area contributed by atoms with E-state index in [0.717, 1.165) is 0 Å². The molecule has 0 radical (unpaired) electrons. The maximum absolute atomic E-state index is 13.1. The first-order chi connectivity index (χ1) is 6.18. The van der Waals surface area contributed by atoms with E-state index >= 15 is 0 Å². The quantitative estimate of drug-likeness (QED) is 0.526. The highest BCUT2D eigenvalue weighted by Crippen LogP contribution is 2.23. The maximum atomic E-state index is 13.1. The molecule has 0 unspecified atom stereocenters. The first kappa shape index (κ1) is 8.50. The standard InChI is InChI=1S/C8H3BrF2N2/c9-4-2-1-3-5-6(4)7(10)13-8(11)12-5/h1-3H. The van der Waals surface area contributed by atoms with Crippen LogP contribution in [0.4, 0.5) is 8.78 Å². The van der Waals surface area contributed by atoms with Crippen LogP contribution in [-0.4, -0.2) is 9.97 Å². The Labute approximate surface area is 80.8 Å². The summed E-state index contributed by atoms with van der Waals surface area (Å²) in [5.41, 5.74) is 0.249. The van der Waals surface area contributed by atoms with E-state index in [4.69, 9.17) is 0 Å². The van der Waals surface area contributed by atoms with Gasteiger partial charge in [0.05, 0.1) is 10.9 Å². The molecular formula is C8H3BrF2N2. The van der Waals surface area contributed by atoms with Crippen molar-refractivity contribution in [2.45, 2.75) is 0 Å². The van der Waals surface area contributed by atoms with Gasteiger partial charge in [0.2, 0.25) is 5.95 Å². The number of aromatic nitrogens is 2. The second kappa shape index (κ2) is 2.99. The normalized spacial score (nSPS) is 10.7. The van der Waals surface area contributed by atoms with Gasteiger partial charge in [-0.3, -0.25) is 0 Å². The molecule has 0 aliphatic heterocycles. The second-order valence-corrected chi connectivity index (χ2v) is 3.27. The van der Waals surface area contributed by atoms with Gasteiger partial charge in [-0.25, -0.2) is 4.98 Å². The molecule has 0 saturated heterocycles. The summed E-state index contributed by atoms with van der Waals surface area (Å²) in [5, 5.41) is 0.198. The van der Waals surface area contributed by atoms with E-state index in [2.05, 4.69) is 25.9 Å². The van der Waals surface area contributed by atoms with Crippen LogP contribution in [0, 0.1) is 12.0 Å². The number of rotatable bonds is 0. The number of benzene rings is 1. The van der Waals surface area contributed by atoms with Crippen molar-refractivity contribution >= 4 is 26.8 Å². The molecule has 13 heavy (non-hydrogen) atoms. The molecule has 0 aliphatic carbocycles. The molecule has 66 valence electrons. The van der Waals surface area contributed by atoms with Gasteiger partial charge in [-0.2, -0.15) is 13.8 Å². The SMILES string of the molecule is Fc1nc(F)c2c(Br)cccc2n1. The Kier molecular flexibility index (Phi) is 1.95. The molecule has 0 aliphatic rings. The number of fused-ring (bicyclic) bond motifs is 1. The number of hydrogen-bond acceptors (Lipinski definition) is 2. The topological polar surface area (TPSA) is 25.8 Å². The molecule has 1 heterocycles. The van der Waals surface area contributed by atoms with Crippen molar-refractivity contribution in [3.05, 3.63) is 34.7 Å². The Morgan fingerprint density at radius 2 is 1.92 bits per heavy atom. The largest absolute Gasteiger partial charge is 0.311 e. The van der Waals surface area contributed by atoms with Gasteiger partial charge >= 0.3 is 6.08 Å². The monoisotopic (exact) mass is 244 g/mol. The van der Waals surface area contributed by atoms with Crippen LogP contribution < -0.4 is 0 Å². The molecule has 0 saturated carbocycles. The van der Waals surface area contributed by atoms with Crippen LogP contribution >= 0.6 is 15.9 Å². The van der Waals surface area contributed by atoms with Gasteiger partial charge in [0.15, 0.2) is 0 Å². The highest BCUT2D eigenvalue weighted by molar-refractivity contribution is 9.10. The van der Waals surface area contributed by atoms with E-state index in [9.17, 15) is 8.78 Å². The van der Waals surface area contributed by atoms with Gasteiger partial charge in [-0.15, -0.1) is 0 Å². The lowest BCUT2D eigenvalue weighted by Gasteiger charge is -1.99. The molecule has 0 atom stereocenters. The minimum absolute atomic E-state index is 0.198. The lowest BCUT2D eigenvalue weighted by Crippen LogP contribution is -1.95. The first-order valence-corrected chi connectivity index (χ1v) is 4.25. The van der Waals surface area contributed by atoms with Crippen LogP contribution in [0.25, 0.3) is 10.9 Å². The van der Waals surface area contributed by atoms with E-state index < -0.39 is 12.0 Å². The van der Waals surface area contributed by atoms with Crippen LogP contribution in [0.3, 0.4) is 0 Å². The van der Waals surface area contributed by atoms with Gasteiger partial charge in [0, 0.05) is 4.47 Å². The van der Waals surface area contributed by atoms with E-state index in [-0.39, 0.29) is 10.9 Å². The third-order valence-electron chi connectivity index (χ3n) is 1.60. The molecule has 1 aromatic heterocycles. The van der Waals surface area contributed by atoms with Gasteiger partial charge in [-0.1, -0.05) is 6.07 Å². The van der Waals surface area contributed by atoms with Crippen molar-refractivity contribution in [2.24, 2.45) is 0 Å². The zero-order valence-corrected chi connectivity index (χ0v) is 7.85. The highest BCUT2D eigenvalue weighted by atomic mass is 79.9. The van der Waals surface area contributed by atoms with Gasteiger partial charge < -0.3 is 0 Å². The van der Waals surface area contributed by atoms with Crippen molar-refractivity contribution in [1.82, 2.24) is 9.97 Å². The molecule has 0 bridgehead atoms. The van der Waals surface area contributed by atoms with Crippen LogP contribution in [0.5, 0.6) is 0 Å². The lowest BCUT2D eigenvalue weighted by atomic mass is 10.2. The molecule has 1 aromatic carbocycles. The average Bonchev–Trinajstić information content (AvgIpc) is 2.02. The third-order valence-corrected chi connectivity index (χ3v) is 2.26. The van der Waals surface area contributed by atoms with E-state index in [0.29, 0.717) is 4.47 Å². The van der Waals surface area contributed by atoms with Crippen molar-refractivity contribution in [1.29, 1.82) is 0 Å². The van der Waals surface area contributed by atoms with Crippen molar-refractivity contribution in [3.63, 3.8) is 0 Å². The van der Waals surface area contributed by atoms with Crippen molar-refractivity contribution < 1.29 is 8.78 Å². The predicted octanol–water partition coefficient (Wildman–Crippen LogP) is 2.67. The van der Waals surface area contributed by atoms with Gasteiger partial charge in [-0.05, 0) is 28.1 Å². The summed E-state index contributed by atoms with van der Waals surface area (Å²) in [6, 6.07) is 4.82. The first-order valence-electron chi connectivity index (χ1n) is 3.46. The zero-order chi connectivity index (χ0) is 9.42. The Morgan fingerprint density at radius 3 is 2.69 bits per heavy atom. The Hall–Kier alpha value is -1.10. The summed E-state index contributed by atoms with van der Waals surface area (Å²) in [6.45, 7) is 0. The Balaban J connectivity index is 2.94. The van der Waals surface area contributed by atoms with E-state index in [1.54, 1.807) is 12.1 Å². The number of halogens is 3. The van der Waals surface area contributed by atoms with E-state index in [1.807, 2.05) is 0 Å². The average molecular weight is 245 g/mol. The lowest BCUT2D eigenvalue weighted by molar-refractivity contribution is 0.494. The second-order valence-electron chi connectivity index (χ2n) is 2.42. The minimum atomic E-state index is -1.05. The number of hydrogen-bond donors (Lipinski definition) is 0. The molecular weight excluding hydrogens is 242 g/mol. The summed E-state index contributed by atoms with van der Waals surface area (Å²) in [6.07, 6.45) is -1.05. The Bertz CT molecular complexity index is 473. The fraction of sp³-hybridized carbons (Fsp3) is 0. The highest BCUT2D eigenvalue weighted by Gasteiger charge is 2.08. The molecule has 0 amide bonds. The van der Waals surface area contributed by atoms with Crippen LogP contribution in [-0.2, 0) is 0 Å². The molecule has 2 rings (SSSR count). The molecule has 5 heteroatoms. The molecule has 0 fully saturated rings. The van der Waals surface area contributed by atoms with Crippen molar-refractivity contribution in [2.75, 3.05) is 0 Å². The van der Waals surface area contributed by atoms with Gasteiger partial charge in [0.25, 0.3) is 0 Å². The van der Waals surface area contributed by atoms with E-state index in [1.165, 1.54) is 6.07 Å². The summed E-state index contributed by atoms with van der Waals surface area (Å²) < 4.78 is 26.2. The van der Waals surface area contributed by atoms with Gasteiger partial charge in [0.1, 0.15) is 0 Å². The summed E-state index contributed by atoms with van der Waals surface area (Å²) in [7, 11) is 0. The van der Waals surface area contributed by atoms with Crippen molar-refractivity contribution in [3.8, 4) is 0 Å². The fourth-order valence-corrected chi connectivity index (χ4v) is 1.59. The fourth-order valence-electron chi connectivity index (χ4n) is 1.07.